The number of aromatic nitrogens is 2. The Morgan fingerprint density at radius 2 is 1.36 bits per heavy atom. The molecule has 0 aromatic carbocycles. The number of rotatable bonds is 10. The van der Waals surface area contributed by atoms with E-state index in [1.807, 2.05) is 30.9 Å². The Morgan fingerprint density at radius 1 is 0.861 bits per heavy atom. The summed E-state index contributed by atoms with van der Waals surface area (Å²) < 4.78 is 4.50. The average molecular weight is 523 g/mol. The van der Waals surface area contributed by atoms with E-state index < -0.39 is 0 Å². The molecule has 0 spiro atoms. The van der Waals surface area contributed by atoms with Crippen LogP contribution in [0.15, 0.2) is 49.1 Å². The number of aliphatic hydroxyl groups excluding tert-OH is 1. The minimum atomic E-state index is 0. The van der Waals surface area contributed by atoms with Gasteiger partial charge in [-0.2, -0.15) is 0 Å². The van der Waals surface area contributed by atoms with Crippen LogP contribution < -0.4 is 51.4 Å². The summed E-state index contributed by atoms with van der Waals surface area (Å²) in [4.78, 5) is 13.6. The Labute approximate surface area is 263 Å². The van der Waals surface area contributed by atoms with Gasteiger partial charge in [0.15, 0.2) is 0 Å². The maximum Gasteiger partial charge on any atom is 1.00 e. The van der Waals surface area contributed by atoms with Crippen LogP contribution in [0.25, 0.3) is 0 Å². The van der Waals surface area contributed by atoms with Crippen LogP contribution >= 0.6 is 0 Å². The molecule has 2 atom stereocenters. The van der Waals surface area contributed by atoms with Gasteiger partial charge in [-0.3, -0.25) is 19.8 Å². The molecule has 36 heavy (non-hydrogen) atoms. The van der Waals surface area contributed by atoms with Crippen molar-refractivity contribution in [2.24, 2.45) is 0 Å². The van der Waals surface area contributed by atoms with Crippen LogP contribution in [0.2, 0.25) is 0 Å². The van der Waals surface area contributed by atoms with E-state index in [1.54, 1.807) is 0 Å². The number of aliphatic hydroxyl groups is 1. The molecule has 2 aromatic rings. The number of hydrogen-bond donors (Lipinski definition) is 1. The summed E-state index contributed by atoms with van der Waals surface area (Å²) in [5, 5.41) is 8.79. The van der Waals surface area contributed by atoms with E-state index >= 15 is 0 Å². The smallest absolute Gasteiger partial charge is 1.00 e. The number of hydrogen-bond acceptors (Lipinski definition) is 6. The van der Waals surface area contributed by atoms with Crippen molar-refractivity contribution in [2.75, 3.05) is 46.0 Å². The summed E-state index contributed by atoms with van der Waals surface area (Å²) in [5.41, 5.74) is 2.74. The SMILES string of the molecule is C1CO1.CCCCCN1CCCC1c1cccnc1.OCCCCN1CCCC1c1cccnc1.[H-].[K+]. The van der Waals surface area contributed by atoms with Crippen molar-refractivity contribution in [3.05, 3.63) is 60.2 Å². The predicted octanol–water partition coefficient (Wildman–Crippen LogP) is 2.53. The molecule has 3 aliphatic rings. The van der Waals surface area contributed by atoms with Crippen LogP contribution in [0.3, 0.4) is 0 Å². The summed E-state index contributed by atoms with van der Waals surface area (Å²) in [7, 11) is 0. The van der Waals surface area contributed by atoms with Crippen LogP contribution in [-0.2, 0) is 4.74 Å². The largest absolute Gasteiger partial charge is 1.00 e. The predicted molar refractivity (Wildman–Crippen MR) is 143 cm³/mol. The van der Waals surface area contributed by atoms with Gasteiger partial charge in [-0.25, -0.2) is 0 Å². The summed E-state index contributed by atoms with van der Waals surface area (Å²) in [6.45, 7) is 9.38. The molecule has 3 saturated heterocycles. The van der Waals surface area contributed by atoms with Gasteiger partial charge in [0.1, 0.15) is 0 Å². The fourth-order valence-electron chi connectivity index (χ4n) is 5.08. The minimum absolute atomic E-state index is 0. The topological polar surface area (TPSA) is 65.0 Å². The fourth-order valence-corrected chi connectivity index (χ4v) is 5.08. The molecular weight excluding hydrogens is 475 g/mol. The van der Waals surface area contributed by atoms with Crippen molar-refractivity contribution in [3.8, 4) is 0 Å². The van der Waals surface area contributed by atoms with E-state index in [0.29, 0.717) is 18.7 Å². The second kappa shape index (κ2) is 19.8. The van der Waals surface area contributed by atoms with Gasteiger partial charge in [0, 0.05) is 43.5 Å². The first-order chi connectivity index (χ1) is 17.3. The second-order valence-corrected chi connectivity index (χ2v) is 9.71. The number of likely N-dealkylation sites (tertiary alicyclic amines) is 2. The summed E-state index contributed by atoms with van der Waals surface area (Å²) in [5.74, 6) is 0. The van der Waals surface area contributed by atoms with Gasteiger partial charge in [-0.1, -0.05) is 31.9 Å². The number of ether oxygens (including phenoxy) is 1. The number of pyridine rings is 2. The van der Waals surface area contributed by atoms with E-state index in [9.17, 15) is 0 Å². The quantitative estimate of drug-likeness (QED) is 0.294. The first-order valence-corrected chi connectivity index (χ1v) is 13.8. The minimum Gasteiger partial charge on any atom is -1.00 e. The van der Waals surface area contributed by atoms with Gasteiger partial charge in [-0.05, 0) is 94.4 Å². The van der Waals surface area contributed by atoms with Crippen LogP contribution in [-0.4, -0.2) is 70.9 Å². The van der Waals surface area contributed by atoms with Crippen molar-refractivity contribution >= 4 is 0 Å². The molecule has 196 valence electrons. The molecule has 0 aliphatic carbocycles. The molecule has 6 nitrogen and oxygen atoms in total. The molecule has 5 rings (SSSR count). The first kappa shape index (κ1) is 32.0. The van der Waals surface area contributed by atoms with Gasteiger partial charge in [0.2, 0.25) is 0 Å². The fraction of sp³-hybridized carbons (Fsp3) is 0.655. The van der Waals surface area contributed by atoms with Crippen molar-refractivity contribution in [1.29, 1.82) is 0 Å². The maximum atomic E-state index is 8.79. The van der Waals surface area contributed by atoms with E-state index in [0.717, 1.165) is 32.6 Å². The Morgan fingerprint density at radius 3 is 1.75 bits per heavy atom. The number of nitrogens with zero attached hydrogens (tertiary/aromatic N) is 4. The third kappa shape index (κ3) is 12.1. The zero-order chi connectivity index (χ0) is 24.6. The van der Waals surface area contributed by atoms with E-state index in [-0.39, 0.29) is 52.8 Å². The van der Waals surface area contributed by atoms with Crippen LogP contribution in [0.4, 0.5) is 0 Å². The summed E-state index contributed by atoms with van der Waals surface area (Å²) >= 11 is 0. The molecule has 1 N–H and O–H groups in total. The maximum absolute atomic E-state index is 8.79. The molecule has 2 unspecified atom stereocenters. The van der Waals surface area contributed by atoms with Gasteiger partial charge in [0.25, 0.3) is 0 Å². The van der Waals surface area contributed by atoms with Crippen LogP contribution in [0.5, 0.6) is 0 Å². The van der Waals surface area contributed by atoms with Gasteiger partial charge >= 0.3 is 51.4 Å². The molecule has 3 fully saturated rings. The Kier molecular flexibility index (Phi) is 17.6. The van der Waals surface area contributed by atoms with Crippen molar-refractivity contribution in [2.45, 2.75) is 76.8 Å². The Hall–Kier alpha value is -0.224. The number of unbranched alkanes of at least 4 members (excludes halogenated alkanes) is 3. The molecule has 0 amide bonds. The van der Waals surface area contributed by atoms with Crippen LogP contribution in [0, 0.1) is 0 Å². The third-order valence-corrected chi connectivity index (χ3v) is 6.97. The zero-order valence-electron chi connectivity index (χ0n) is 23.7. The molecule has 2 aromatic heterocycles. The Balaban J connectivity index is 0.000000316. The average Bonchev–Trinajstić information content (AvgIpc) is 3.60. The molecule has 3 aliphatic heterocycles. The normalized spacial score (nSPS) is 21.1. The van der Waals surface area contributed by atoms with E-state index in [4.69, 9.17) is 5.11 Å². The third-order valence-electron chi connectivity index (χ3n) is 6.97. The standard InChI is InChI=1S/C14H22N2.C13H20N2O.C2H4O.K.H/c1-2-3-4-10-16-11-6-8-14(16)13-7-5-9-15-12-13;16-10-2-1-8-15-9-4-6-13(15)12-5-3-7-14-11-12;1-2-3-1;;/h5,7,9,12,14H,2-4,6,8,10-11H2,1H3;3,5,7,11,13,16H,1-2,4,6,8-10H2;1-2H2;;/q;;;+1;-1. The molecular formula is C29H47KN4O2. The molecule has 7 heteroatoms. The van der Waals surface area contributed by atoms with E-state index in [2.05, 4.69) is 49.6 Å². The molecule has 0 saturated carbocycles. The molecule has 0 radical (unpaired) electrons. The van der Waals surface area contributed by atoms with Gasteiger partial charge < -0.3 is 11.3 Å². The monoisotopic (exact) mass is 522 g/mol. The molecule has 0 bridgehead atoms. The summed E-state index contributed by atoms with van der Waals surface area (Å²) in [6, 6.07) is 9.63. The van der Waals surface area contributed by atoms with Gasteiger partial charge in [-0.15, -0.1) is 0 Å². The van der Waals surface area contributed by atoms with Crippen molar-refractivity contribution in [1.82, 2.24) is 19.8 Å². The van der Waals surface area contributed by atoms with Gasteiger partial charge in [0.05, 0.1) is 13.2 Å². The van der Waals surface area contributed by atoms with E-state index in [1.165, 1.54) is 75.7 Å². The molecule has 5 heterocycles. The van der Waals surface area contributed by atoms with Crippen molar-refractivity contribution in [3.63, 3.8) is 0 Å². The Bertz CT molecular complexity index is 722. The second-order valence-electron chi connectivity index (χ2n) is 9.71. The summed E-state index contributed by atoms with van der Waals surface area (Å²) in [6.07, 6.45) is 18.9. The first-order valence-electron chi connectivity index (χ1n) is 13.8. The number of epoxide rings is 1. The zero-order valence-corrected chi connectivity index (χ0v) is 25.9. The van der Waals surface area contributed by atoms with Crippen molar-refractivity contribution < 1.29 is 62.7 Å². The van der Waals surface area contributed by atoms with Crippen LogP contribution in [0.1, 0.15) is 89.3 Å².